The highest BCUT2D eigenvalue weighted by Crippen LogP contribution is 2.46. The number of nitrogens with zero attached hydrogens (tertiary/aromatic N) is 1. The molecule has 1 aliphatic carbocycles. The Morgan fingerprint density at radius 2 is 2.10 bits per heavy atom. The molecule has 1 unspecified atom stereocenters. The van der Waals surface area contributed by atoms with E-state index in [1.165, 1.54) is 6.07 Å². The van der Waals surface area contributed by atoms with E-state index in [-0.39, 0.29) is 17.9 Å². The molecule has 1 spiro atoms. The van der Waals surface area contributed by atoms with Crippen LogP contribution < -0.4 is 5.32 Å². The fourth-order valence-electron chi connectivity index (χ4n) is 2.85. The Hall–Kier alpha value is -1.42. The summed E-state index contributed by atoms with van der Waals surface area (Å²) >= 11 is 0. The molecule has 1 N–H and O–H groups in total. The summed E-state index contributed by atoms with van der Waals surface area (Å²) in [4.78, 5) is 14.4. The minimum absolute atomic E-state index is 0.145. The minimum Gasteiger partial charge on any atom is -0.321 e. The van der Waals surface area contributed by atoms with Crippen LogP contribution in [0.5, 0.6) is 0 Å². The van der Waals surface area contributed by atoms with Gasteiger partial charge in [-0.2, -0.15) is 0 Å². The van der Waals surface area contributed by atoms with Crippen LogP contribution in [0.15, 0.2) is 24.3 Å². The van der Waals surface area contributed by atoms with E-state index in [0.717, 1.165) is 19.3 Å². The van der Waals surface area contributed by atoms with Crippen molar-refractivity contribution in [3.63, 3.8) is 0 Å². The normalized spacial score (nSPS) is 23.9. The minimum atomic E-state index is -0.399. The van der Waals surface area contributed by atoms with Gasteiger partial charge >= 0.3 is 0 Å². The largest absolute Gasteiger partial charge is 0.321 e. The molecule has 1 heterocycles. The van der Waals surface area contributed by atoms with Crippen molar-refractivity contribution in [2.45, 2.75) is 44.8 Å². The van der Waals surface area contributed by atoms with Crippen LogP contribution in [0.3, 0.4) is 0 Å². The second-order valence-corrected chi connectivity index (χ2v) is 6.33. The summed E-state index contributed by atoms with van der Waals surface area (Å²) in [5, 5.41) is 3.36. The number of nitrogens with one attached hydrogen (secondary N) is 1. The van der Waals surface area contributed by atoms with Crippen molar-refractivity contribution in [2.24, 2.45) is 5.92 Å². The van der Waals surface area contributed by atoms with Crippen molar-refractivity contribution in [1.82, 2.24) is 10.2 Å². The van der Waals surface area contributed by atoms with Crippen molar-refractivity contribution in [1.29, 1.82) is 0 Å². The van der Waals surface area contributed by atoms with Gasteiger partial charge in [0.05, 0.1) is 0 Å². The van der Waals surface area contributed by atoms with E-state index >= 15 is 0 Å². The van der Waals surface area contributed by atoms with E-state index < -0.39 is 5.54 Å². The Morgan fingerprint density at radius 1 is 1.40 bits per heavy atom. The molecule has 3 rings (SSSR count). The summed E-state index contributed by atoms with van der Waals surface area (Å²) in [6.07, 6.45) is 2.36. The maximum atomic E-state index is 14.0. The molecule has 3 nitrogen and oxygen atoms in total. The third-order valence-electron chi connectivity index (χ3n) is 4.29. The molecule has 0 radical (unpaired) electrons. The first-order valence-electron chi connectivity index (χ1n) is 7.37. The molecule has 20 heavy (non-hydrogen) atoms. The molecule has 1 saturated carbocycles. The Balaban J connectivity index is 1.87. The number of benzene rings is 1. The lowest BCUT2D eigenvalue weighted by Crippen LogP contribution is -2.33. The molecule has 108 valence electrons. The molecule has 1 amide bonds. The Labute approximate surface area is 119 Å². The summed E-state index contributed by atoms with van der Waals surface area (Å²) in [5.41, 5.74) is 0.178. The second kappa shape index (κ2) is 4.85. The third-order valence-corrected chi connectivity index (χ3v) is 4.29. The molecule has 4 heteroatoms. The Morgan fingerprint density at radius 3 is 2.70 bits per heavy atom. The zero-order chi connectivity index (χ0) is 14.3. The molecule has 1 aliphatic heterocycles. The summed E-state index contributed by atoms with van der Waals surface area (Å²) in [5.74, 6) is 0.427. The van der Waals surface area contributed by atoms with E-state index in [0.29, 0.717) is 18.0 Å². The first-order chi connectivity index (χ1) is 9.53. The van der Waals surface area contributed by atoms with Crippen molar-refractivity contribution in [3.05, 3.63) is 35.6 Å². The molecular weight excluding hydrogens is 255 g/mol. The number of hydrogen-bond acceptors (Lipinski definition) is 2. The van der Waals surface area contributed by atoms with Gasteiger partial charge in [0.25, 0.3) is 0 Å². The van der Waals surface area contributed by atoms with Gasteiger partial charge < -0.3 is 4.90 Å². The van der Waals surface area contributed by atoms with Crippen molar-refractivity contribution in [3.8, 4) is 0 Å². The van der Waals surface area contributed by atoms with Crippen LogP contribution in [0, 0.1) is 11.7 Å². The molecule has 1 aromatic carbocycles. The molecule has 2 aliphatic rings. The zero-order valence-electron chi connectivity index (χ0n) is 12.0. The van der Waals surface area contributed by atoms with Crippen molar-refractivity contribution < 1.29 is 9.18 Å². The lowest BCUT2D eigenvalue weighted by atomic mass is 10.1. The van der Waals surface area contributed by atoms with Crippen molar-refractivity contribution >= 4 is 5.91 Å². The summed E-state index contributed by atoms with van der Waals surface area (Å²) < 4.78 is 14.0. The van der Waals surface area contributed by atoms with Crippen LogP contribution in [-0.4, -0.2) is 22.9 Å². The molecule has 0 bridgehead atoms. The van der Waals surface area contributed by atoms with E-state index in [2.05, 4.69) is 19.2 Å². The quantitative estimate of drug-likeness (QED) is 0.917. The molecule has 1 saturated heterocycles. The molecule has 2 fully saturated rings. The van der Waals surface area contributed by atoms with Gasteiger partial charge in [-0.05, 0) is 31.2 Å². The van der Waals surface area contributed by atoms with E-state index in [9.17, 15) is 9.18 Å². The summed E-state index contributed by atoms with van der Waals surface area (Å²) in [7, 11) is 0. The first kappa shape index (κ1) is 13.6. The summed E-state index contributed by atoms with van der Waals surface area (Å²) in [6.45, 7) is 4.96. The monoisotopic (exact) mass is 276 g/mol. The zero-order valence-corrected chi connectivity index (χ0v) is 12.0. The van der Waals surface area contributed by atoms with Crippen LogP contribution in [0.4, 0.5) is 4.39 Å². The number of amides is 1. The Kier molecular flexibility index (Phi) is 3.28. The summed E-state index contributed by atoms with van der Waals surface area (Å²) in [6, 6.07) is 6.73. The van der Waals surface area contributed by atoms with Crippen LogP contribution in [0.2, 0.25) is 0 Å². The predicted molar refractivity (Wildman–Crippen MR) is 75.4 cm³/mol. The first-order valence-corrected chi connectivity index (χ1v) is 7.37. The van der Waals surface area contributed by atoms with E-state index in [1.807, 2.05) is 11.0 Å². The van der Waals surface area contributed by atoms with Gasteiger partial charge in [-0.1, -0.05) is 32.0 Å². The molecular formula is C16H21FN2O. The fraction of sp³-hybridized carbons (Fsp3) is 0.562. The van der Waals surface area contributed by atoms with Gasteiger partial charge in [0, 0.05) is 12.1 Å². The van der Waals surface area contributed by atoms with Crippen LogP contribution in [0.1, 0.15) is 44.8 Å². The third kappa shape index (κ3) is 2.22. The van der Waals surface area contributed by atoms with E-state index in [4.69, 9.17) is 0 Å². The van der Waals surface area contributed by atoms with E-state index in [1.54, 1.807) is 12.1 Å². The van der Waals surface area contributed by atoms with Gasteiger partial charge in [0.2, 0.25) is 5.91 Å². The molecule has 0 aromatic heterocycles. The van der Waals surface area contributed by atoms with Crippen LogP contribution >= 0.6 is 0 Å². The van der Waals surface area contributed by atoms with Crippen molar-refractivity contribution in [2.75, 3.05) is 6.54 Å². The van der Waals surface area contributed by atoms with Crippen LogP contribution in [0.25, 0.3) is 0 Å². The smallest absolute Gasteiger partial charge is 0.244 e. The average Bonchev–Trinajstić information content (AvgIpc) is 3.13. The maximum absolute atomic E-state index is 14.0. The molecule has 1 aromatic rings. The number of halogens is 1. The number of rotatable bonds is 4. The van der Waals surface area contributed by atoms with Gasteiger partial charge in [0.1, 0.15) is 17.5 Å². The predicted octanol–water partition coefficient (Wildman–Crippen LogP) is 2.83. The fourth-order valence-corrected chi connectivity index (χ4v) is 2.85. The Bertz CT molecular complexity index is 525. The topological polar surface area (TPSA) is 32.3 Å². The highest BCUT2D eigenvalue weighted by molar-refractivity contribution is 5.92. The highest BCUT2D eigenvalue weighted by Gasteiger charge is 2.59. The lowest BCUT2D eigenvalue weighted by Gasteiger charge is -2.25. The van der Waals surface area contributed by atoms with Gasteiger partial charge in [-0.15, -0.1) is 0 Å². The maximum Gasteiger partial charge on any atom is 0.244 e. The van der Waals surface area contributed by atoms with Gasteiger partial charge in [-0.25, -0.2) is 4.39 Å². The number of carbonyl (C=O) groups excluding carboxylic acids is 1. The number of hydrogen-bond donors (Lipinski definition) is 1. The number of carbonyl (C=O) groups is 1. The van der Waals surface area contributed by atoms with Gasteiger partial charge in [-0.3, -0.25) is 10.1 Å². The highest BCUT2D eigenvalue weighted by atomic mass is 19.1. The SMILES string of the molecule is CC(C)CCN1C(=O)C2(CC2)NC1c1ccccc1F. The standard InChI is InChI=1S/C16H21FN2O/c1-11(2)7-10-19-14(12-5-3-4-6-13(12)17)18-16(8-9-16)15(19)20/h3-6,11,14,18H,7-10H2,1-2H3. The second-order valence-electron chi connectivity index (χ2n) is 6.33. The van der Waals surface area contributed by atoms with Gasteiger partial charge in [0.15, 0.2) is 0 Å². The molecule has 1 atom stereocenters. The average molecular weight is 276 g/mol. The lowest BCUT2D eigenvalue weighted by molar-refractivity contribution is -0.131. The van der Waals surface area contributed by atoms with Crippen LogP contribution in [-0.2, 0) is 4.79 Å².